The number of hydrogen-bond acceptors (Lipinski definition) is 4. The molecule has 1 aromatic heterocycles. The molecule has 2 N–H and O–H groups in total. The molecule has 0 aliphatic heterocycles. The molecule has 19 heavy (non-hydrogen) atoms. The number of nitrogens with one attached hydrogen (secondary N) is 1. The van der Waals surface area contributed by atoms with Crippen molar-refractivity contribution in [1.82, 2.24) is 4.98 Å². The molecule has 0 spiro atoms. The van der Waals surface area contributed by atoms with Crippen molar-refractivity contribution >= 4 is 11.6 Å². The van der Waals surface area contributed by atoms with Crippen LogP contribution in [0.4, 0.5) is 11.6 Å². The molecular formula is C15H25N3O. The van der Waals surface area contributed by atoms with Crippen molar-refractivity contribution in [2.45, 2.75) is 45.1 Å². The molecule has 0 saturated heterocycles. The predicted molar refractivity (Wildman–Crippen MR) is 79.7 cm³/mol. The Hall–Kier alpha value is -1.29. The lowest BCUT2D eigenvalue weighted by atomic mass is 9.94. The molecule has 106 valence electrons. The minimum Gasteiger partial charge on any atom is -0.395 e. The first-order valence-corrected chi connectivity index (χ1v) is 7.43. The summed E-state index contributed by atoms with van der Waals surface area (Å²) in [5, 5.41) is 12.6. The van der Waals surface area contributed by atoms with Crippen LogP contribution in [0, 0.1) is 0 Å². The molecule has 0 atom stereocenters. The monoisotopic (exact) mass is 263 g/mol. The summed E-state index contributed by atoms with van der Waals surface area (Å²) in [5.41, 5.74) is 0. The molecular weight excluding hydrogens is 238 g/mol. The van der Waals surface area contributed by atoms with Crippen LogP contribution in [0.2, 0.25) is 0 Å². The van der Waals surface area contributed by atoms with Crippen LogP contribution in [0.15, 0.2) is 18.2 Å². The molecule has 1 aliphatic rings. The van der Waals surface area contributed by atoms with Gasteiger partial charge in [-0.05, 0) is 31.9 Å². The van der Waals surface area contributed by atoms with E-state index in [1.54, 1.807) is 0 Å². The standard InChI is InChI=1S/C15H25N3O/c1-2-16-14-9-6-10-15(17-14)18(11-12-19)13-7-4-3-5-8-13/h6,9-10,13,19H,2-5,7-8,11-12H2,1H3,(H,16,17). The molecule has 0 radical (unpaired) electrons. The van der Waals surface area contributed by atoms with E-state index in [1.807, 2.05) is 18.2 Å². The minimum atomic E-state index is 0.184. The fourth-order valence-electron chi connectivity index (χ4n) is 2.85. The lowest BCUT2D eigenvalue weighted by molar-refractivity contribution is 0.289. The zero-order valence-electron chi connectivity index (χ0n) is 11.8. The van der Waals surface area contributed by atoms with Gasteiger partial charge in [-0.3, -0.25) is 0 Å². The van der Waals surface area contributed by atoms with Crippen molar-refractivity contribution in [3.05, 3.63) is 18.2 Å². The highest BCUT2D eigenvalue weighted by Crippen LogP contribution is 2.26. The molecule has 1 aromatic rings. The molecule has 4 nitrogen and oxygen atoms in total. The first-order valence-electron chi connectivity index (χ1n) is 7.43. The second-order valence-corrected chi connectivity index (χ2v) is 5.12. The number of pyridine rings is 1. The summed E-state index contributed by atoms with van der Waals surface area (Å²) in [6.07, 6.45) is 6.35. The fourth-order valence-corrected chi connectivity index (χ4v) is 2.85. The summed E-state index contributed by atoms with van der Waals surface area (Å²) >= 11 is 0. The zero-order valence-corrected chi connectivity index (χ0v) is 11.8. The van der Waals surface area contributed by atoms with E-state index in [0.717, 1.165) is 18.2 Å². The summed E-state index contributed by atoms with van der Waals surface area (Å²) in [7, 11) is 0. The topological polar surface area (TPSA) is 48.4 Å². The van der Waals surface area contributed by atoms with Crippen LogP contribution in [0.3, 0.4) is 0 Å². The highest BCUT2D eigenvalue weighted by Gasteiger charge is 2.21. The predicted octanol–water partition coefficient (Wildman–Crippen LogP) is 2.64. The van der Waals surface area contributed by atoms with Gasteiger partial charge in [0, 0.05) is 19.1 Å². The van der Waals surface area contributed by atoms with Gasteiger partial charge in [-0.1, -0.05) is 25.3 Å². The SMILES string of the molecule is CCNc1cccc(N(CCO)C2CCCCC2)n1. The van der Waals surface area contributed by atoms with Crippen molar-refractivity contribution < 1.29 is 5.11 Å². The van der Waals surface area contributed by atoms with Crippen molar-refractivity contribution in [1.29, 1.82) is 0 Å². The summed E-state index contributed by atoms with van der Waals surface area (Å²) in [6.45, 7) is 3.80. The van der Waals surface area contributed by atoms with Gasteiger partial charge in [0.15, 0.2) is 0 Å². The van der Waals surface area contributed by atoms with Crippen molar-refractivity contribution in [3.63, 3.8) is 0 Å². The molecule has 2 rings (SSSR count). The number of aliphatic hydroxyl groups excluding tert-OH is 1. The Balaban J connectivity index is 2.14. The number of nitrogens with zero attached hydrogens (tertiary/aromatic N) is 2. The van der Waals surface area contributed by atoms with Crippen LogP contribution in [0.5, 0.6) is 0 Å². The normalized spacial score (nSPS) is 16.3. The average Bonchev–Trinajstić information content (AvgIpc) is 2.46. The lowest BCUT2D eigenvalue weighted by Gasteiger charge is -2.35. The Morgan fingerprint density at radius 1 is 1.32 bits per heavy atom. The Labute approximate surface area is 115 Å². The van der Waals surface area contributed by atoms with Gasteiger partial charge in [-0.2, -0.15) is 0 Å². The maximum Gasteiger partial charge on any atom is 0.131 e. The number of anilines is 2. The van der Waals surface area contributed by atoms with Crippen LogP contribution in [-0.2, 0) is 0 Å². The fraction of sp³-hybridized carbons (Fsp3) is 0.667. The van der Waals surface area contributed by atoms with Crippen LogP contribution in [0.25, 0.3) is 0 Å². The first kappa shape index (κ1) is 14.1. The van der Waals surface area contributed by atoms with E-state index >= 15 is 0 Å². The quantitative estimate of drug-likeness (QED) is 0.828. The Kier molecular flexibility index (Phi) is 5.45. The summed E-state index contributed by atoms with van der Waals surface area (Å²) in [6, 6.07) is 6.61. The Bertz CT molecular complexity index is 377. The molecule has 0 bridgehead atoms. The number of aromatic nitrogens is 1. The first-order chi connectivity index (χ1) is 9.35. The molecule has 4 heteroatoms. The van der Waals surface area contributed by atoms with Crippen LogP contribution < -0.4 is 10.2 Å². The summed E-state index contributed by atoms with van der Waals surface area (Å²) < 4.78 is 0. The average molecular weight is 263 g/mol. The van der Waals surface area contributed by atoms with E-state index in [0.29, 0.717) is 12.6 Å². The third kappa shape index (κ3) is 3.83. The van der Waals surface area contributed by atoms with E-state index in [4.69, 9.17) is 0 Å². The highest BCUT2D eigenvalue weighted by atomic mass is 16.3. The third-order valence-electron chi connectivity index (χ3n) is 3.74. The van der Waals surface area contributed by atoms with E-state index in [2.05, 4.69) is 22.1 Å². The minimum absolute atomic E-state index is 0.184. The highest BCUT2D eigenvalue weighted by molar-refractivity contribution is 5.47. The summed E-state index contributed by atoms with van der Waals surface area (Å²) in [4.78, 5) is 6.94. The van der Waals surface area contributed by atoms with Crippen molar-refractivity contribution in [3.8, 4) is 0 Å². The van der Waals surface area contributed by atoms with Gasteiger partial charge < -0.3 is 15.3 Å². The van der Waals surface area contributed by atoms with Gasteiger partial charge in [-0.15, -0.1) is 0 Å². The van der Waals surface area contributed by atoms with Gasteiger partial charge in [0.25, 0.3) is 0 Å². The molecule has 1 aliphatic carbocycles. The van der Waals surface area contributed by atoms with Gasteiger partial charge in [0.05, 0.1) is 6.61 Å². The zero-order chi connectivity index (χ0) is 13.5. The Morgan fingerprint density at radius 3 is 2.79 bits per heavy atom. The molecule has 0 unspecified atom stereocenters. The van der Waals surface area contributed by atoms with E-state index < -0.39 is 0 Å². The van der Waals surface area contributed by atoms with Crippen LogP contribution >= 0.6 is 0 Å². The van der Waals surface area contributed by atoms with Crippen molar-refractivity contribution in [2.75, 3.05) is 29.9 Å². The van der Waals surface area contributed by atoms with Crippen LogP contribution in [0.1, 0.15) is 39.0 Å². The van der Waals surface area contributed by atoms with E-state index in [9.17, 15) is 5.11 Å². The number of hydrogen-bond donors (Lipinski definition) is 2. The van der Waals surface area contributed by atoms with Gasteiger partial charge in [0.2, 0.25) is 0 Å². The second-order valence-electron chi connectivity index (χ2n) is 5.12. The molecule has 1 heterocycles. The molecule has 1 fully saturated rings. The lowest BCUT2D eigenvalue weighted by Crippen LogP contribution is -2.39. The van der Waals surface area contributed by atoms with Gasteiger partial charge in [-0.25, -0.2) is 4.98 Å². The Morgan fingerprint density at radius 2 is 2.11 bits per heavy atom. The maximum absolute atomic E-state index is 9.32. The molecule has 0 amide bonds. The number of rotatable bonds is 6. The summed E-state index contributed by atoms with van der Waals surface area (Å²) in [5.74, 6) is 1.90. The second kappa shape index (κ2) is 7.34. The van der Waals surface area contributed by atoms with E-state index in [-0.39, 0.29) is 6.61 Å². The third-order valence-corrected chi connectivity index (χ3v) is 3.74. The van der Waals surface area contributed by atoms with E-state index in [1.165, 1.54) is 32.1 Å². The molecule has 1 saturated carbocycles. The smallest absolute Gasteiger partial charge is 0.131 e. The van der Waals surface area contributed by atoms with Crippen LogP contribution in [-0.4, -0.2) is 35.8 Å². The van der Waals surface area contributed by atoms with Gasteiger partial charge >= 0.3 is 0 Å². The molecule has 0 aromatic carbocycles. The van der Waals surface area contributed by atoms with Gasteiger partial charge in [0.1, 0.15) is 11.6 Å². The maximum atomic E-state index is 9.32. The largest absolute Gasteiger partial charge is 0.395 e. The number of aliphatic hydroxyl groups is 1. The van der Waals surface area contributed by atoms with Crippen molar-refractivity contribution in [2.24, 2.45) is 0 Å².